The maximum atomic E-state index is 4.75. The molecule has 0 saturated carbocycles. The van der Waals surface area contributed by atoms with Crippen LogP contribution in [0, 0.1) is 0 Å². The Hall–Kier alpha value is -1.20. The largest absolute Gasteiger partial charge is 0.357 e. The van der Waals surface area contributed by atoms with E-state index in [1.165, 1.54) is 30.6 Å². The van der Waals surface area contributed by atoms with Gasteiger partial charge in [-0.1, -0.05) is 30.3 Å². The van der Waals surface area contributed by atoms with Crippen molar-refractivity contribution in [3.63, 3.8) is 0 Å². The Labute approximate surface area is 157 Å². The van der Waals surface area contributed by atoms with E-state index < -0.39 is 0 Å². The average molecular weight is 363 g/mol. The number of nitrogens with zero attached hydrogens (tertiary/aromatic N) is 2. The minimum atomic E-state index is 0.475. The summed E-state index contributed by atoms with van der Waals surface area (Å²) in [5.74, 6) is 2.21. The van der Waals surface area contributed by atoms with Gasteiger partial charge in [-0.2, -0.15) is 11.8 Å². The van der Waals surface area contributed by atoms with Crippen LogP contribution in [-0.2, 0) is 6.54 Å². The topological polar surface area (TPSA) is 39.7 Å². The number of guanidine groups is 1. The first-order valence-electron chi connectivity index (χ1n) is 9.54. The number of hydrogen-bond donors (Lipinski definition) is 2. The van der Waals surface area contributed by atoms with E-state index in [9.17, 15) is 0 Å². The Kier molecular flexibility index (Phi) is 9.19. The summed E-state index contributed by atoms with van der Waals surface area (Å²) < 4.78 is 0. The van der Waals surface area contributed by atoms with Crippen molar-refractivity contribution < 1.29 is 0 Å². The fourth-order valence-corrected chi connectivity index (χ4v) is 3.80. The molecule has 0 aromatic heterocycles. The Morgan fingerprint density at radius 3 is 2.80 bits per heavy atom. The average Bonchev–Trinajstić information content (AvgIpc) is 2.95. The van der Waals surface area contributed by atoms with E-state index in [1.807, 2.05) is 11.8 Å². The standard InChI is InChI=1S/C20H34N4S/c1-4-21-20(22-12-8-9-13-25-3)23-19-14-17(2)24(16-19)15-18-10-6-5-7-11-18/h5-7,10-11,17,19H,4,8-9,12-16H2,1-3H3,(H2,21,22,23). The lowest BCUT2D eigenvalue weighted by atomic mass is 10.2. The Bertz CT molecular complexity index is 506. The van der Waals surface area contributed by atoms with Gasteiger partial charge < -0.3 is 10.6 Å². The van der Waals surface area contributed by atoms with Gasteiger partial charge in [0, 0.05) is 38.3 Å². The third-order valence-corrected chi connectivity index (χ3v) is 5.34. The highest BCUT2D eigenvalue weighted by Crippen LogP contribution is 2.20. The van der Waals surface area contributed by atoms with Crippen molar-refractivity contribution >= 4 is 17.7 Å². The van der Waals surface area contributed by atoms with Crippen LogP contribution < -0.4 is 10.6 Å². The lowest BCUT2D eigenvalue weighted by molar-refractivity contribution is 0.258. The zero-order valence-electron chi connectivity index (χ0n) is 16.0. The second-order valence-electron chi connectivity index (χ2n) is 6.80. The summed E-state index contributed by atoms with van der Waals surface area (Å²) in [6, 6.07) is 11.8. The zero-order chi connectivity index (χ0) is 17.9. The van der Waals surface area contributed by atoms with Crippen LogP contribution in [-0.4, -0.2) is 54.6 Å². The van der Waals surface area contributed by atoms with Crippen LogP contribution in [0.15, 0.2) is 35.3 Å². The van der Waals surface area contributed by atoms with Gasteiger partial charge in [-0.15, -0.1) is 0 Å². The van der Waals surface area contributed by atoms with Gasteiger partial charge in [0.1, 0.15) is 0 Å². The first kappa shape index (κ1) is 20.1. The fourth-order valence-electron chi connectivity index (χ4n) is 3.30. The Morgan fingerprint density at radius 1 is 1.28 bits per heavy atom. The summed E-state index contributed by atoms with van der Waals surface area (Å²) in [5.41, 5.74) is 1.39. The van der Waals surface area contributed by atoms with Crippen LogP contribution in [0.5, 0.6) is 0 Å². The second-order valence-corrected chi connectivity index (χ2v) is 7.79. The number of benzene rings is 1. The van der Waals surface area contributed by atoms with Gasteiger partial charge in [0.25, 0.3) is 0 Å². The molecule has 0 bridgehead atoms. The van der Waals surface area contributed by atoms with Gasteiger partial charge in [0.2, 0.25) is 0 Å². The van der Waals surface area contributed by atoms with E-state index in [0.717, 1.165) is 32.1 Å². The van der Waals surface area contributed by atoms with Gasteiger partial charge in [-0.05, 0) is 50.7 Å². The molecule has 0 amide bonds. The predicted molar refractivity (Wildman–Crippen MR) is 111 cm³/mol. The molecule has 1 fully saturated rings. The lowest BCUT2D eigenvalue weighted by Gasteiger charge is -2.21. The van der Waals surface area contributed by atoms with E-state index in [4.69, 9.17) is 4.99 Å². The first-order chi connectivity index (χ1) is 12.2. The smallest absolute Gasteiger partial charge is 0.191 e. The molecular formula is C20H34N4S. The van der Waals surface area contributed by atoms with Gasteiger partial charge in [0.15, 0.2) is 5.96 Å². The summed E-state index contributed by atoms with van der Waals surface area (Å²) in [6.07, 6.45) is 5.75. The number of hydrogen-bond acceptors (Lipinski definition) is 3. The van der Waals surface area contributed by atoms with Crippen molar-refractivity contribution in [1.29, 1.82) is 0 Å². The van der Waals surface area contributed by atoms with Crippen LogP contribution in [0.25, 0.3) is 0 Å². The van der Waals surface area contributed by atoms with Crippen LogP contribution >= 0.6 is 11.8 Å². The number of unbranched alkanes of at least 4 members (excludes halogenated alkanes) is 1. The molecule has 2 N–H and O–H groups in total. The van der Waals surface area contributed by atoms with Crippen LogP contribution in [0.3, 0.4) is 0 Å². The normalized spacial score (nSPS) is 21.5. The quantitative estimate of drug-likeness (QED) is 0.401. The molecule has 0 aliphatic carbocycles. The maximum absolute atomic E-state index is 4.75. The molecule has 1 aliphatic heterocycles. The molecule has 1 heterocycles. The second kappa shape index (κ2) is 11.4. The van der Waals surface area contributed by atoms with Crippen LogP contribution in [0.1, 0.15) is 38.7 Å². The molecule has 140 valence electrons. The minimum Gasteiger partial charge on any atom is -0.357 e. The Morgan fingerprint density at radius 2 is 2.08 bits per heavy atom. The third kappa shape index (κ3) is 7.28. The van der Waals surface area contributed by atoms with Crippen molar-refractivity contribution in [3.05, 3.63) is 35.9 Å². The SMILES string of the molecule is CCNC(=NCCCCSC)NC1CC(C)N(Cc2ccccc2)C1. The highest BCUT2D eigenvalue weighted by Gasteiger charge is 2.29. The van der Waals surface area contributed by atoms with Gasteiger partial charge in [0.05, 0.1) is 0 Å². The van der Waals surface area contributed by atoms with Crippen molar-refractivity contribution in [2.24, 2.45) is 4.99 Å². The van der Waals surface area contributed by atoms with E-state index >= 15 is 0 Å². The van der Waals surface area contributed by atoms with Crippen molar-refractivity contribution in [1.82, 2.24) is 15.5 Å². The summed E-state index contributed by atoms with van der Waals surface area (Å²) in [7, 11) is 0. The first-order valence-corrected chi connectivity index (χ1v) is 10.9. The van der Waals surface area contributed by atoms with Gasteiger partial charge >= 0.3 is 0 Å². The van der Waals surface area contributed by atoms with Crippen LogP contribution in [0.4, 0.5) is 0 Å². The van der Waals surface area contributed by atoms with E-state index in [2.05, 4.69) is 66.0 Å². The summed E-state index contributed by atoms with van der Waals surface area (Å²) in [4.78, 5) is 7.31. The molecule has 0 spiro atoms. The maximum Gasteiger partial charge on any atom is 0.191 e. The molecule has 2 rings (SSSR count). The third-order valence-electron chi connectivity index (χ3n) is 4.64. The summed E-state index contributed by atoms with van der Waals surface area (Å²) in [6.45, 7) is 8.38. The van der Waals surface area contributed by atoms with Crippen molar-refractivity contribution in [3.8, 4) is 0 Å². The molecule has 2 atom stereocenters. The molecule has 25 heavy (non-hydrogen) atoms. The molecular weight excluding hydrogens is 328 g/mol. The molecule has 0 radical (unpaired) electrons. The molecule has 5 heteroatoms. The number of thioether (sulfide) groups is 1. The lowest BCUT2D eigenvalue weighted by Crippen LogP contribution is -2.44. The highest BCUT2D eigenvalue weighted by molar-refractivity contribution is 7.98. The van der Waals surface area contributed by atoms with Gasteiger partial charge in [-0.25, -0.2) is 0 Å². The predicted octanol–water partition coefficient (Wildman–Crippen LogP) is 3.35. The van der Waals surface area contributed by atoms with E-state index in [1.54, 1.807) is 0 Å². The number of rotatable bonds is 9. The Balaban J connectivity index is 1.82. The monoisotopic (exact) mass is 362 g/mol. The van der Waals surface area contributed by atoms with E-state index in [0.29, 0.717) is 12.1 Å². The molecule has 2 unspecified atom stereocenters. The molecule has 1 aromatic rings. The number of nitrogens with one attached hydrogen (secondary N) is 2. The van der Waals surface area contributed by atoms with Crippen molar-refractivity contribution in [2.75, 3.05) is 31.6 Å². The molecule has 4 nitrogen and oxygen atoms in total. The molecule has 1 saturated heterocycles. The molecule has 1 aliphatic rings. The zero-order valence-corrected chi connectivity index (χ0v) is 16.8. The van der Waals surface area contributed by atoms with E-state index in [-0.39, 0.29) is 0 Å². The highest BCUT2D eigenvalue weighted by atomic mass is 32.2. The fraction of sp³-hybridized carbons (Fsp3) is 0.650. The number of aliphatic imine (C=N–C) groups is 1. The van der Waals surface area contributed by atoms with Crippen LogP contribution in [0.2, 0.25) is 0 Å². The summed E-state index contributed by atoms with van der Waals surface area (Å²) in [5, 5.41) is 7.04. The molecule has 1 aromatic carbocycles. The summed E-state index contributed by atoms with van der Waals surface area (Å²) >= 11 is 1.91. The minimum absolute atomic E-state index is 0.475. The van der Waals surface area contributed by atoms with Gasteiger partial charge in [-0.3, -0.25) is 9.89 Å². The van der Waals surface area contributed by atoms with Crippen molar-refractivity contribution in [2.45, 2.75) is 51.7 Å². The number of likely N-dealkylation sites (tertiary alicyclic amines) is 1.